The molecule has 3 rings (SSSR count). The maximum atomic E-state index is 14.1. The molecule has 2 aromatic rings. The highest BCUT2D eigenvalue weighted by atomic mass is 35.5. The van der Waals surface area contributed by atoms with E-state index in [1.165, 1.54) is 18.2 Å². The van der Waals surface area contributed by atoms with Crippen LogP contribution in [-0.2, 0) is 4.75 Å². The van der Waals surface area contributed by atoms with Gasteiger partial charge in [-0.05, 0) is 64.6 Å². The van der Waals surface area contributed by atoms with Crippen molar-refractivity contribution in [1.29, 1.82) is 0 Å². The molecule has 0 amide bonds. The maximum Gasteiger partial charge on any atom is 0.407 e. The first kappa shape index (κ1) is 20.9. The molecular weight excluding hydrogens is 438 g/mol. The fourth-order valence-corrected chi connectivity index (χ4v) is 4.87. The second-order valence-electron chi connectivity index (χ2n) is 6.37. The van der Waals surface area contributed by atoms with E-state index < -0.39 is 10.9 Å². The van der Waals surface area contributed by atoms with Gasteiger partial charge < -0.3 is 0 Å². The van der Waals surface area contributed by atoms with Gasteiger partial charge in [0.15, 0.2) is 0 Å². The number of halogens is 6. The second-order valence-corrected chi connectivity index (χ2v) is 8.63. The van der Waals surface area contributed by atoms with Crippen molar-refractivity contribution in [2.75, 3.05) is 0 Å². The number of thioether (sulfide) groups is 1. The average molecular weight is 453 g/mol. The molecule has 1 heterocycles. The Bertz CT molecular complexity index is 847. The van der Waals surface area contributed by atoms with Crippen molar-refractivity contribution in [3.63, 3.8) is 0 Å². The number of hydrogen-bond acceptors (Lipinski definition) is 2. The van der Waals surface area contributed by atoms with Gasteiger partial charge in [0.25, 0.3) is 0 Å². The minimum Gasteiger partial charge on any atom is -0.226 e. The van der Waals surface area contributed by atoms with Crippen LogP contribution < -0.4 is 4.84 Å². The van der Waals surface area contributed by atoms with Crippen LogP contribution in [0.5, 0.6) is 0 Å². The van der Waals surface area contributed by atoms with Crippen LogP contribution in [0.1, 0.15) is 36.1 Å². The molecule has 0 radical (unpaired) electrons. The molecule has 0 aliphatic carbocycles. The molecule has 1 nitrogen and oxygen atoms in total. The normalized spacial score (nSPS) is 21.2. The van der Waals surface area contributed by atoms with Crippen LogP contribution in [0.25, 0.3) is 5.57 Å². The average Bonchev–Trinajstić information content (AvgIpc) is 3.07. The van der Waals surface area contributed by atoms with Crippen molar-refractivity contribution >= 4 is 52.3 Å². The molecule has 1 aliphatic rings. The lowest BCUT2D eigenvalue weighted by atomic mass is 9.88. The van der Waals surface area contributed by atoms with Gasteiger partial charge in [-0.15, -0.1) is 11.8 Å². The van der Waals surface area contributed by atoms with Crippen molar-refractivity contribution in [2.24, 2.45) is 0 Å². The summed E-state index contributed by atoms with van der Waals surface area (Å²) in [5.41, 5.74) is 2.36. The van der Waals surface area contributed by atoms with Crippen LogP contribution >= 0.6 is 46.7 Å². The zero-order valence-electron chi connectivity index (χ0n) is 14.1. The lowest BCUT2D eigenvalue weighted by Gasteiger charge is -2.32. The first-order chi connectivity index (χ1) is 12.7. The predicted octanol–water partition coefficient (Wildman–Crippen LogP) is 7.73. The summed E-state index contributed by atoms with van der Waals surface area (Å²) in [7, 11) is 0. The van der Waals surface area contributed by atoms with E-state index in [1.807, 2.05) is 31.2 Å². The monoisotopic (exact) mass is 451 g/mol. The van der Waals surface area contributed by atoms with Crippen LogP contribution in [0, 0.1) is 0 Å². The fraction of sp³-hybridized carbons (Fsp3) is 0.263. The number of hydrogen-bond donors (Lipinski definition) is 1. The zero-order valence-corrected chi connectivity index (χ0v) is 17.2. The smallest absolute Gasteiger partial charge is 0.226 e. The molecule has 0 aromatic heterocycles. The lowest BCUT2D eigenvalue weighted by molar-refractivity contribution is -0.160. The minimum absolute atomic E-state index is 0.0559. The number of nitrogens with one attached hydrogen (secondary N) is 1. The fourth-order valence-electron chi connectivity index (χ4n) is 3.03. The molecule has 0 saturated heterocycles. The van der Waals surface area contributed by atoms with Gasteiger partial charge in [-0.25, -0.2) is 4.84 Å². The lowest BCUT2D eigenvalue weighted by Crippen LogP contribution is -2.37. The SMILES string of the molecule is C[C@H](NCl)c1ccc(C2=CSC(c3cc(Cl)cc(Cl)c3)(C(F)(F)F)C2)cc1. The Morgan fingerprint density at radius 1 is 1.07 bits per heavy atom. The third-order valence-corrected chi connectivity index (χ3v) is 6.75. The van der Waals surface area contributed by atoms with E-state index in [0.717, 1.165) is 22.9 Å². The Balaban J connectivity index is 1.95. The van der Waals surface area contributed by atoms with Crippen molar-refractivity contribution in [3.8, 4) is 0 Å². The van der Waals surface area contributed by atoms with Crippen molar-refractivity contribution in [3.05, 3.63) is 74.6 Å². The molecule has 0 spiro atoms. The quantitative estimate of drug-likeness (QED) is 0.476. The van der Waals surface area contributed by atoms with Gasteiger partial charge in [-0.3, -0.25) is 0 Å². The van der Waals surface area contributed by atoms with Gasteiger partial charge in [0.05, 0.1) is 0 Å². The Labute approximate surface area is 175 Å². The number of benzene rings is 2. The Morgan fingerprint density at radius 2 is 1.67 bits per heavy atom. The summed E-state index contributed by atoms with van der Waals surface area (Å²) in [5.74, 6) is 0. The standard InChI is InChI=1S/C19H15Cl3F3NS/c1-11(26-22)12-2-4-13(5-3-12)14-9-18(27-10-14,19(23,24)25)15-6-16(20)8-17(21)7-15/h2-8,10-11,26H,9H2,1H3/t11-,18?/m0/s1. The molecular formula is C19H15Cl3F3NS. The third-order valence-electron chi connectivity index (χ3n) is 4.57. The first-order valence-corrected chi connectivity index (χ1v) is 10.0. The predicted molar refractivity (Wildman–Crippen MR) is 108 cm³/mol. The summed E-state index contributed by atoms with van der Waals surface area (Å²) in [6.45, 7) is 1.89. The van der Waals surface area contributed by atoms with E-state index in [-0.39, 0.29) is 28.1 Å². The molecule has 144 valence electrons. The van der Waals surface area contributed by atoms with E-state index in [0.29, 0.717) is 5.57 Å². The topological polar surface area (TPSA) is 12.0 Å². The van der Waals surface area contributed by atoms with Gasteiger partial charge in [-0.2, -0.15) is 13.2 Å². The van der Waals surface area contributed by atoms with Gasteiger partial charge in [-0.1, -0.05) is 47.5 Å². The van der Waals surface area contributed by atoms with Crippen LogP contribution in [0.3, 0.4) is 0 Å². The molecule has 1 aliphatic heterocycles. The number of alkyl halides is 3. The number of rotatable bonds is 4. The summed E-state index contributed by atoms with van der Waals surface area (Å²) in [6, 6.07) is 11.4. The van der Waals surface area contributed by atoms with Crippen LogP contribution in [0.15, 0.2) is 47.9 Å². The van der Waals surface area contributed by atoms with Crippen molar-refractivity contribution in [1.82, 2.24) is 4.84 Å². The first-order valence-electron chi connectivity index (χ1n) is 8.03. The van der Waals surface area contributed by atoms with Gasteiger partial charge in [0.2, 0.25) is 0 Å². The van der Waals surface area contributed by atoms with E-state index >= 15 is 0 Å². The maximum absolute atomic E-state index is 14.1. The molecule has 0 fully saturated rings. The van der Waals surface area contributed by atoms with Gasteiger partial charge in [0.1, 0.15) is 4.75 Å². The minimum atomic E-state index is -4.47. The second kappa shape index (κ2) is 7.88. The summed E-state index contributed by atoms with van der Waals surface area (Å²) >= 11 is 18.3. The van der Waals surface area contributed by atoms with Gasteiger partial charge in [0, 0.05) is 22.5 Å². The molecule has 2 atom stereocenters. The zero-order chi connectivity index (χ0) is 19.8. The van der Waals surface area contributed by atoms with Gasteiger partial charge >= 0.3 is 6.18 Å². The highest BCUT2D eigenvalue weighted by Gasteiger charge is 2.58. The van der Waals surface area contributed by atoms with E-state index in [9.17, 15) is 13.2 Å². The number of allylic oxidation sites excluding steroid dienone is 1. The molecule has 0 bridgehead atoms. The Morgan fingerprint density at radius 3 is 2.19 bits per heavy atom. The van der Waals surface area contributed by atoms with Crippen LogP contribution in [-0.4, -0.2) is 6.18 Å². The molecule has 2 aromatic carbocycles. The van der Waals surface area contributed by atoms with Crippen molar-refractivity contribution in [2.45, 2.75) is 30.3 Å². The molecule has 27 heavy (non-hydrogen) atoms. The third kappa shape index (κ3) is 4.13. The Kier molecular flexibility index (Phi) is 6.09. The molecule has 8 heteroatoms. The largest absolute Gasteiger partial charge is 0.407 e. The Hall–Kier alpha value is -0.850. The molecule has 1 N–H and O–H groups in total. The van der Waals surface area contributed by atoms with Crippen molar-refractivity contribution < 1.29 is 13.2 Å². The summed E-state index contributed by atoms with van der Waals surface area (Å²) in [5, 5.41) is 1.93. The summed E-state index contributed by atoms with van der Waals surface area (Å²) < 4.78 is 40.2. The highest BCUT2D eigenvalue weighted by Crippen LogP contribution is 2.60. The molecule has 0 saturated carbocycles. The van der Waals surface area contributed by atoms with Crippen LogP contribution in [0.4, 0.5) is 13.2 Å². The molecule has 1 unspecified atom stereocenters. The van der Waals surface area contributed by atoms with E-state index in [2.05, 4.69) is 4.84 Å². The highest BCUT2D eigenvalue weighted by molar-refractivity contribution is 8.03. The summed E-state index contributed by atoms with van der Waals surface area (Å²) in [4.78, 5) is 2.61. The van der Waals surface area contributed by atoms with E-state index in [1.54, 1.807) is 5.41 Å². The van der Waals surface area contributed by atoms with Crippen LogP contribution in [0.2, 0.25) is 10.0 Å². The van der Waals surface area contributed by atoms with E-state index in [4.69, 9.17) is 35.0 Å². The summed E-state index contributed by atoms with van der Waals surface area (Å²) in [6.07, 6.45) is -4.67.